The topological polar surface area (TPSA) is 89.2 Å². The molecule has 4 rings (SSSR count). The number of aliphatic hydroxyl groups excluding tert-OH is 1. The van der Waals surface area contributed by atoms with Gasteiger partial charge in [0.15, 0.2) is 0 Å². The molecule has 7 nitrogen and oxygen atoms in total. The van der Waals surface area contributed by atoms with Crippen molar-refractivity contribution in [2.75, 3.05) is 20.2 Å². The normalized spacial score (nSPS) is 26.1. The van der Waals surface area contributed by atoms with E-state index in [4.69, 9.17) is 13.9 Å². The van der Waals surface area contributed by atoms with Gasteiger partial charge in [-0.15, -0.1) is 0 Å². The zero-order valence-corrected chi connectivity index (χ0v) is 16.5. The number of carbonyl (C=O) groups is 2. The molecule has 2 fully saturated rings. The maximum atomic E-state index is 12.8. The Hall–Kier alpha value is -2.80. The van der Waals surface area contributed by atoms with Gasteiger partial charge in [0.2, 0.25) is 0 Å². The number of aliphatic hydroxyl groups is 1. The molecule has 154 valence electrons. The number of ether oxygens (including phenoxy) is 2. The molecule has 0 bridgehead atoms. The van der Waals surface area contributed by atoms with Crippen LogP contribution >= 0.6 is 0 Å². The Bertz CT molecular complexity index is 906. The highest BCUT2D eigenvalue weighted by molar-refractivity contribution is 5.95. The molecule has 0 unspecified atom stereocenters. The van der Waals surface area contributed by atoms with Crippen LogP contribution in [0.2, 0.25) is 0 Å². The van der Waals surface area contributed by atoms with Crippen molar-refractivity contribution in [3.63, 3.8) is 0 Å². The summed E-state index contributed by atoms with van der Waals surface area (Å²) in [6, 6.07) is 8.47. The van der Waals surface area contributed by atoms with Crippen LogP contribution in [0.1, 0.15) is 39.3 Å². The SMILES string of the molecule is COC(=O)c1cccc(O[C@@H]2C[C@@H]3CN(C(=O)c4ccoc4C)C[C@@H]3C[C@H]2O)c1. The molecule has 2 aromatic rings. The number of likely N-dealkylation sites (tertiary alicyclic amines) is 1. The first kappa shape index (κ1) is 19.5. The molecule has 0 spiro atoms. The minimum Gasteiger partial charge on any atom is -0.488 e. The van der Waals surface area contributed by atoms with Crippen molar-refractivity contribution in [3.05, 3.63) is 53.5 Å². The van der Waals surface area contributed by atoms with E-state index in [0.29, 0.717) is 48.6 Å². The lowest BCUT2D eigenvalue weighted by molar-refractivity contribution is -0.0231. The Labute approximate surface area is 169 Å². The second-order valence-corrected chi connectivity index (χ2v) is 7.84. The lowest BCUT2D eigenvalue weighted by Crippen LogP contribution is -2.42. The van der Waals surface area contributed by atoms with Crippen molar-refractivity contribution in [1.29, 1.82) is 0 Å². The van der Waals surface area contributed by atoms with Crippen LogP contribution in [0.4, 0.5) is 0 Å². The first-order valence-corrected chi connectivity index (χ1v) is 9.82. The molecule has 0 radical (unpaired) electrons. The van der Waals surface area contributed by atoms with Gasteiger partial charge in [-0.05, 0) is 55.9 Å². The summed E-state index contributed by atoms with van der Waals surface area (Å²) < 4.78 is 16.0. The molecule has 29 heavy (non-hydrogen) atoms. The third-order valence-electron chi connectivity index (χ3n) is 6.00. The molecule has 1 N–H and O–H groups in total. The number of hydrogen-bond acceptors (Lipinski definition) is 6. The van der Waals surface area contributed by atoms with E-state index in [1.165, 1.54) is 13.4 Å². The van der Waals surface area contributed by atoms with Gasteiger partial charge < -0.3 is 23.9 Å². The molecule has 1 saturated heterocycles. The number of benzene rings is 1. The molecular formula is C22H25NO6. The first-order chi connectivity index (χ1) is 14.0. The fraction of sp³-hybridized carbons (Fsp3) is 0.455. The van der Waals surface area contributed by atoms with E-state index in [1.807, 2.05) is 4.90 Å². The van der Waals surface area contributed by atoms with E-state index in [9.17, 15) is 14.7 Å². The summed E-state index contributed by atoms with van der Waals surface area (Å²) >= 11 is 0. The molecule has 1 amide bonds. The molecule has 7 heteroatoms. The van der Waals surface area contributed by atoms with Crippen molar-refractivity contribution >= 4 is 11.9 Å². The summed E-state index contributed by atoms with van der Waals surface area (Å²) in [7, 11) is 1.33. The summed E-state index contributed by atoms with van der Waals surface area (Å²) in [6.45, 7) is 3.06. The number of methoxy groups -OCH3 is 1. The number of aryl methyl sites for hydroxylation is 1. The third-order valence-corrected chi connectivity index (χ3v) is 6.00. The van der Waals surface area contributed by atoms with Crippen LogP contribution in [-0.4, -0.2) is 54.3 Å². The zero-order chi connectivity index (χ0) is 20.5. The van der Waals surface area contributed by atoms with E-state index in [-0.39, 0.29) is 23.8 Å². The van der Waals surface area contributed by atoms with Crippen molar-refractivity contribution in [2.24, 2.45) is 11.8 Å². The Balaban J connectivity index is 1.43. The van der Waals surface area contributed by atoms with Crippen molar-refractivity contribution in [1.82, 2.24) is 4.90 Å². The molecule has 1 saturated carbocycles. The molecule has 4 atom stereocenters. The number of furan rings is 1. The number of esters is 1. The van der Waals surface area contributed by atoms with Gasteiger partial charge in [0.1, 0.15) is 17.6 Å². The smallest absolute Gasteiger partial charge is 0.337 e. The molecular weight excluding hydrogens is 374 g/mol. The highest BCUT2D eigenvalue weighted by Crippen LogP contribution is 2.38. The minimum atomic E-state index is -0.622. The maximum absolute atomic E-state index is 12.8. The maximum Gasteiger partial charge on any atom is 0.337 e. The summed E-state index contributed by atoms with van der Waals surface area (Å²) in [4.78, 5) is 26.4. The van der Waals surface area contributed by atoms with Crippen molar-refractivity contribution in [2.45, 2.75) is 32.0 Å². The van der Waals surface area contributed by atoms with Gasteiger partial charge in [0.25, 0.3) is 5.91 Å². The average molecular weight is 399 g/mol. The number of carbonyl (C=O) groups excluding carboxylic acids is 2. The van der Waals surface area contributed by atoms with Gasteiger partial charge in [-0.3, -0.25) is 4.79 Å². The molecule has 1 aliphatic carbocycles. The van der Waals surface area contributed by atoms with Crippen molar-refractivity contribution in [3.8, 4) is 5.75 Å². The standard InChI is InChI=1S/C22H25NO6/c1-13-18(6-7-28-13)21(25)23-11-15-9-19(24)20(10-16(15)12-23)29-17-5-3-4-14(8-17)22(26)27-2/h3-8,15-16,19-20,24H,9-12H2,1-2H3/t15-,16+,19+,20+/m0/s1. The highest BCUT2D eigenvalue weighted by Gasteiger charge is 2.44. The highest BCUT2D eigenvalue weighted by atomic mass is 16.5. The first-order valence-electron chi connectivity index (χ1n) is 9.82. The summed E-state index contributed by atoms with van der Waals surface area (Å²) in [5.74, 6) is 1.21. The lowest BCUT2D eigenvalue weighted by Gasteiger charge is -2.35. The Morgan fingerprint density at radius 1 is 1.17 bits per heavy atom. The number of amides is 1. The molecule has 2 heterocycles. The zero-order valence-electron chi connectivity index (χ0n) is 16.5. The van der Waals surface area contributed by atoms with Crippen LogP contribution < -0.4 is 4.74 Å². The number of hydrogen-bond donors (Lipinski definition) is 1. The van der Waals surface area contributed by atoms with Crippen LogP contribution in [0.25, 0.3) is 0 Å². The van der Waals surface area contributed by atoms with Gasteiger partial charge in [-0.1, -0.05) is 6.07 Å². The van der Waals surface area contributed by atoms with E-state index in [2.05, 4.69) is 0 Å². The molecule has 2 aliphatic rings. The van der Waals surface area contributed by atoms with E-state index in [0.717, 1.165) is 0 Å². The Morgan fingerprint density at radius 2 is 1.93 bits per heavy atom. The Morgan fingerprint density at radius 3 is 2.62 bits per heavy atom. The fourth-order valence-corrected chi connectivity index (χ4v) is 4.45. The summed E-state index contributed by atoms with van der Waals surface area (Å²) in [5.41, 5.74) is 0.998. The van der Waals surface area contributed by atoms with Crippen LogP contribution in [0.15, 0.2) is 41.0 Å². The van der Waals surface area contributed by atoms with Crippen molar-refractivity contribution < 1.29 is 28.6 Å². The van der Waals surface area contributed by atoms with Crippen LogP contribution in [0.3, 0.4) is 0 Å². The van der Waals surface area contributed by atoms with E-state index >= 15 is 0 Å². The quantitative estimate of drug-likeness (QED) is 0.795. The van der Waals surface area contributed by atoms with Gasteiger partial charge >= 0.3 is 5.97 Å². The number of nitrogens with zero attached hydrogens (tertiary/aromatic N) is 1. The number of rotatable bonds is 4. The van der Waals surface area contributed by atoms with Gasteiger partial charge in [-0.2, -0.15) is 0 Å². The predicted molar refractivity (Wildman–Crippen MR) is 104 cm³/mol. The van der Waals surface area contributed by atoms with Crippen LogP contribution in [0.5, 0.6) is 5.75 Å². The molecule has 1 aliphatic heterocycles. The lowest BCUT2D eigenvalue weighted by atomic mass is 9.78. The predicted octanol–water partition coefficient (Wildman–Crippen LogP) is 2.67. The molecule has 1 aromatic heterocycles. The second kappa shape index (κ2) is 7.91. The Kier molecular flexibility index (Phi) is 5.32. The van der Waals surface area contributed by atoms with E-state index < -0.39 is 12.1 Å². The largest absolute Gasteiger partial charge is 0.488 e. The van der Waals surface area contributed by atoms with Crippen LogP contribution in [0, 0.1) is 18.8 Å². The third kappa shape index (κ3) is 3.87. The van der Waals surface area contributed by atoms with Gasteiger partial charge in [0.05, 0.1) is 30.6 Å². The second-order valence-electron chi connectivity index (χ2n) is 7.84. The minimum absolute atomic E-state index is 0.0246. The fourth-order valence-electron chi connectivity index (χ4n) is 4.45. The van der Waals surface area contributed by atoms with Crippen LogP contribution in [-0.2, 0) is 4.74 Å². The monoisotopic (exact) mass is 399 g/mol. The van der Waals surface area contributed by atoms with Gasteiger partial charge in [0, 0.05) is 13.1 Å². The van der Waals surface area contributed by atoms with E-state index in [1.54, 1.807) is 37.3 Å². The average Bonchev–Trinajstić information content (AvgIpc) is 3.33. The summed E-state index contributed by atoms with van der Waals surface area (Å²) in [6.07, 6.45) is 1.77. The van der Waals surface area contributed by atoms with Gasteiger partial charge in [-0.25, -0.2) is 4.79 Å². The summed E-state index contributed by atoms with van der Waals surface area (Å²) in [5, 5.41) is 10.6. The molecule has 1 aromatic carbocycles. The number of fused-ring (bicyclic) bond motifs is 1.